The zero-order valence-electron chi connectivity index (χ0n) is 12.3. The highest BCUT2D eigenvalue weighted by atomic mass is 15.0. The summed E-state index contributed by atoms with van der Waals surface area (Å²) >= 11 is 0. The molecule has 19 heavy (non-hydrogen) atoms. The number of nitrogens with zero attached hydrogens (tertiary/aromatic N) is 2. The number of benzene rings is 1. The molecule has 4 nitrogen and oxygen atoms in total. The highest BCUT2D eigenvalue weighted by Crippen LogP contribution is 2.23. The number of fused-ring (bicyclic) bond motifs is 1. The van der Waals surface area contributed by atoms with Gasteiger partial charge in [-0.3, -0.25) is 0 Å². The van der Waals surface area contributed by atoms with Crippen LogP contribution in [0.3, 0.4) is 0 Å². The minimum Gasteiger partial charge on any atom is -0.331 e. The van der Waals surface area contributed by atoms with Crippen LogP contribution in [-0.4, -0.2) is 22.6 Å². The van der Waals surface area contributed by atoms with Crippen molar-refractivity contribution in [1.82, 2.24) is 14.9 Å². The number of aromatic nitrogens is 2. The van der Waals surface area contributed by atoms with Crippen molar-refractivity contribution >= 4 is 11.0 Å². The van der Waals surface area contributed by atoms with Gasteiger partial charge in [0.25, 0.3) is 0 Å². The molecular formula is C15H24N4. The quantitative estimate of drug-likeness (QED) is 0.867. The standard InChI is InChI=1S/C15H24N4/c1-10(16)5-7-13(17-3)12-6-8-15-14(9-12)18-11(2)19(15)4/h6,8-10,13,17H,5,7,16H2,1-4H3. The van der Waals surface area contributed by atoms with Crippen LogP contribution in [-0.2, 0) is 7.05 Å². The Hall–Kier alpha value is -1.39. The van der Waals surface area contributed by atoms with Crippen LogP contribution in [0, 0.1) is 6.92 Å². The zero-order valence-corrected chi connectivity index (χ0v) is 12.3. The predicted octanol–water partition coefficient (Wildman–Crippen LogP) is 2.27. The molecular weight excluding hydrogens is 236 g/mol. The van der Waals surface area contributed by atoms with Crippen LogP contribution in [0.5, 0.6) is 0 Å². The molecule has 0 fully saturated rings. The Morgan fingerprint density at radius 3 is 2.74 bits per heavy atom. The van der Waals surface area contributed by atoms with Crippen LogP contribution in [0.25, 0.3) is 11.0 Å². The fourth-order valence-electron chi connectivity index (χ4n) is 2.46. The number of hydrogen-bond acceptors (Lipinski definition) is 3. The molecule has 2 rings (SSSR count). The van der Waals surface area contributed by atoms with Crippen LogP contribution in [0.2, 0.25) is 0 Å². The molecule has 4 heteroatoms. The molecule has 0 spiro atoms. The van der Waals surface area contributed by atoms with Gasteiger partial charge in [0, 0.05) is 19.1 Å². The molecule has 2 unspecified atom stereocenters. The molecule has 1 heterocycles. The molecule has 0 amide bonds. The second kappa shape index (κ2) is 5.72. The predicted molar refractivity (Wildman–Crippen MR) is 80.1 cm³/mol. The summed E-state index contributed by atoms with van der Waals surface area (Å²) in [6.45, 7) is 4.09. The smallest absolute Gasteiger partial charge is 0.106 e. The zero-order chi connectivity index (χ0) is 14.0. The van der Waals surface area contributed by atoms with Gasteiger partial charge >= 0.3 is 0 Å². The van der Waals surface area contributed by atoms with E-state index in [2.05, 4.69) is 47.0 Å². The van der Waals surface area contributed by atoms with Crippen molar-refractivity contribution in [3.8, 4) is 0 Å². The molecule has 0 bridgehead atoms. The van der Waals surface area contributed by atoms with E-state index in [-0.39, 0.29) is 6.04 Å². The van der Waals surface area contributed by atoms with E-state index < -0.39 is 0 Å². The number of rotatable bonds is 5. The highest BCUT2D eigenvalue weighted by molar-refractivity contribution is 5.76. The van der Waals surface area contributed by atoms with E-state index in [1.807, 2.05) is 14.0 Å². The molecule has 0 aliphatic carbocycles. The molecule has 2 aromatic rings. The lowest BCUT2D eigenvalue weighted by Crippen LogP contribution is -2.21. The average molecular weight is 260 g/mol. The molecule has 2 atom stereocenters. The minimum atomic E-state index is 0.247. The fraction of sp³-hybridized carbons (Fsp3) is 0.533. The largest absolute Gasteiger partial charge is 0.331 e. The van der Waals surface area contributed by atoms with Gasteiger partial charge in [0.05, 0.1) is 11.0 Å². The van der Waals surface area contributed by atoms with Gasteiger partial charge in [-0.05, 0) is 51.4 Å². The van der Waals surface area contributed by atoms with Crippen molar-refractivity contribution in [3.05, 3.63) is 29.6 Å². The van der Waals surface area contributed by atoms with Crippen LogP contribution in [0.1, 0.15) is 37.2 Å². The molecule has 0 saturated heterocycles. The third-order valence-electron chi connectivity index (χ3n) is 3.79. The topological polar surface area (TPSA) is 55.9 Å². The Kier molecular flexibility index (Phi) is 4.22. The maximum atomic E-state index is 5.84. The summed E-state index contributed by atoms with van der Waals surface area (Å²) in [6.07, 6.45) is 2.07. The third-order valence-corrected chi connectivity index (χ3v) is 3.79. The van der Waals surface area contributed by atoms with Crippen molar-refractivity contribution in [2.45, 2.75) is 38.8 Å². The number of imidazole rings is 1. The Morgan fingerprint density at radius 1 is 1.37 bits per heavy atom. The van der Waals surface area contributed by atoms with Crippen molar-refractivity contribution in [2.75, 3.05) is 7.05 Å². The van der Waals surface area contributed by atoms with E-state index in [1.165, 1.54) is 11.1 Å². The summed E-state index contributed by atoms with van der Waals surface area (Å²) in [4.78, 5) is 4.60. The van der Waals surface area contributed by atoms with Crippen LogP contribution in [0.4, 0.5) is 0 Å². The minimum absolute atomic E-state index is 0.247. The fourth-order valence-corrected chi connectivity index (χ4v) is 2.46. The SMILES string of the molecule is CNC(CCC(C)N)c1ccc2c(c1)nc(C)n2C. The summed E-state index contributed by atoms with van der Waals surface area (Å²) in [6, 6.07) is 7.12. The van der Waals surface area contributed by atoms with E-state index >= 15 is 0 Å². The number of nitrogens with two attached hydrogens (primary N) is 1. The lowest BCUT2D eigenvalue weighted by molar-refractivity contribution is 0.497. The Balaban J connectivity index is 2.28. The van der Waals surface area contributed by atoms with Crippen molar-refractivity contribution < 1.29 is 0 Å². The summed E-state index contributed by atoms with van der Waals surface area (Å²) < 4.78 is 2.12. The van der Waals surface area contributed by atoms with Gasteiger partial charge in [-0.1, -0.05) is 6.07 Å². The first-order valence-electron chi connectivity index (χ1n) is 6.88. The van der Waals surface area contributed by atoms with E-state index in [1.54, 1.807) is 0 Å². The molecule has 104 valence electrons. The highest BCUT2D eigenvalue weighted by Gasteiger charge is 2.12. The monoisotopic (exact) mass is 260 g/mol. The first kappa shape index (κ1) is 14.0. The Labute approximate surface area is 115 Å². The molecule has 0 radical (unpaired) electrons. The second-order valence-electron chi connectivity index (χ2n) is 5.36. The molecule has 1 aromatic heterocycles. The van der Waals surface area contributed by atoms with Crippen molar-refractivity contribution in [1.29, 1.82) is 0 Å². The Morgan fingerprint density at radius 2 is 2.11 bits per heavy atom. The maximum Gasteiger partial charge on any atom is 0.106 e. The summed E-state index contributed by atoms with van der Waals surface area (Å²) in [7, 11) is 4.05. The van der Waals surface area contributed by atoms with Crippen molar-refractivity contribution in [3.63, 3.8) is 0 Å². The van der Waals surface area contributed by atoms with Crippen LogP contribution < -0.4 is 11.1 Å². The van der Waals surface area contributed by atoms with E-state index in [4.69, 9.17) is 5.73 Å². The number of hydrogen-bond donors (Lipinski definition) is 2. The van der Waals surface area contributed by atoms with Gasteiger partial charge in [0.1, 0.15) is 5.82 Å². The Bertz CT molecular complexity index is 557. The molecule has 1 aromatic carbocycles. The van der Waals surface area contributed by atoms with Gasteiger partial charge < -0.3 is 15.6 Å². The molecule has 0 aliphatic rings. The number of aryl methyl sites for hydroxylation is 2. The van der Waals surface area contributed by atoms with Gasteiger partial charge in [-0.2, -0.15) is 0 Å². The summed E-state index contributed by atoms with van der Waals surface area (Å²) in [5, 5.41) is 3.37. The maximum absolute atomic E-state index is 5.84. The molecule has 3 N–H and O–H groups in total. The van der Waals surface area contributed by atoms with Gasteiger partial charge in [0.2, 0.25) is 0 Å². The van der Waals surface area contributed by atoms with Crippen molar-refractivity contribution in [2.24, 2.45) is 12.8 Å². The normalized spacial score (nSPS) is 14.8. The van der Waals surface area contributed by atoms with Gasteiger partial charge in [-0.25, -0.2) is 4.98 Å². The van der Waals surface area contributed by atoms with E-state index in [0.29, 0.717) is 6.04 Å². The number of nitrogens with one attached hydrogen (secondary N) is 1. The van der Waals surface area contributed by atoms with E-state index in [0.717, 1.165) is 24.2 Å². The van der Waals surface area contributed by atoms with Crippen LogP contribution in [0.15, 0.2) is 18.2 Å². The van der Waals surface area contributed by atoms with Crippen LogP contribution >= 0.6 is 0 Å². The third kappa shape index (κ3) is 2.96. The lowest BCUT2D eigenvalue weighted by Gasteiger charge is -2.17. The van der Waals surface area contributed by atoms with Gasteiger partial charge in [-0.15, -0.1) is 0 Å². The van der Waals surface area contributed by atoms with E-state index in [9.17, 15) is 0 Å². The molecule has 0 aliphatic heterocycles. The molecule has 0 saturated carbocycles. The van der Waals surface area contributed by atoms with Gasteiger partial charge in [0.15, 0.2) is 0 Å². The first-order valence-corrected chi connectivity index (χ1v) is 6.88. The lowest BCUT2D eigenvalue weighted by atomic mass is 9.99. The summed E-state index contributed by atoms with van der Waals surface area (Å²) in [5.41, 5.74) is 9.38. The average Bonchev–Trinajstić information content (AvgIpc) is 2.65. The summed E-state index contributed by atoms with van der Waals surface area (Å²) in [5.74, 6) is 1.05. The second-order valence-corrected chi connectivity index (χ2v) is 5.36. The first-order chi connectivity index (χ1) is 9.02.